The van der Waals surface area contributed by atoms with Crippen LogP contribution in [0.25, 0.3) is 11.1 Å². The van der Waals surface area contributed by atoms with Gasteiger partial charge in [-0.05, 0) is 46.7 Å². The molecule has 1 saturated heterocycles. The van der Waals surface area contributed by atoms with Crippen LogP contribution in [0.15, 0.2) is 30.3 Å². The van der Waals surface area contributed by atoms with Gasteiger partial charge >= 0.3 is 0 Å². The van der Waals surface area contributed by atoms with Crippen LogP contribution in [0.2, 0.25) is 0 Å². The molecule has 3 N–H and O–H groups in total. The van der Waals surface area contributed by atoms with Gasteiger partial charge in [-0.2, -0.15) is 0 Å². The van der Waals surface area contributed by atoms with Crippen molar-refractivity contribution >= 4 is 11.6 Å². The number of unbranched alkanes of at least 4 members (excludes halogenated alkanes) is 1. The molecule has 2 aromatic carbocycles. The summed E-state index contributed by atoms with van der Waals surface area (Å²) in [5.74, 6) is -0.0139. The topological polar surface area (TPSA) is 58.4 Å². The molecule has 4 heteroatoms. The number of benzene rings is 2. The number of carbonyl (C=O) groups excluding carboxylic acids is 1. The number of anilines is 1. The van der Waals surface area contributed by atoms with E-state index >= 15 is 0 Å². The van der Waals surface area contributed by atoms with E-state index in [-0.39, 0.29) is 11.8 Å². The molecular weight excluding hydrogens is 334 g/mol. The van der Waals surface area contributed by atoms with E-state index in [1.54, 1.807) is 0 Å². The number of carbonyl (C=O) groups is 1. The number of nitrogens with one attached hydrogen (secondary N) is 1. The van der Waals surface area contributed by atoms with Crippen molar-refractivity contribution in [1.82, 2.24) is 5.32 Å². The molecule has 0 aromatic heterocycles. The zero-order chi connectivity index (χ0) is 19.0. The van der Waals surface area contributed by atoms with E-state index in [0.717, 1.165) is 62.3 Å². The van der Waals surface area contributed by atoms with E-state index in [1.807, 2.05) is 0 Å². The van der Waals surface area contributed by atoms with Crippen LogP contribution in [-0.2, 0) is 6.42 Å². The van der Waals surface area contributed by atoms with Crippen LogP contribution < -0.4 is 16.0 Å². The van der Waals surface area contributed by atoms with Gasteiger partial charge in [-0.3, -0.25) is 4.79 Å². The lowest BCUT2D eigenvalue weighted by Gasteiger charge is -2.34. The summed E-state index contributed by atoms with van der Waals surface area (Å²) in [5, 5.41) is 3.42. The van der Waals surface area contributed by atoms with Crippen molar-refractivity contribution in [2.45, 2.75) is 39.0 Å². The summed E-state index contributed by atoms with van der Waals surface area (Å²) in [7, 11) is 0. The van der Waals surface area contributed by atoms with Gasteiger partial charge in [-0.25, -0.2) is 0 Å². The molecule has 1 aliphatic carbocycles. The van der Waals surface area contributed by atoms with Crippen molar-refractivity contribution in [3.63, 3.8) is 0 Å². The van der Waals surface area contributed by atoms with Crippen LogP contribution in [0.3, 0.4) is 0 Å². The fraction of sp³-hybridized carbons (Fsp3) is 0.435. The Hall–Kier alpha value is -2.33. The Morgan fingerprint density at radius 2 is 1.96 bits per heavy atom. The second-order valence-electron chi connectivity index (χ2n) is 7.73. The quantitative estimate of drug-likeness (QED) is 0.852. The first kappa shape index (κ1) is 18.1. The molecule has 4 nitrogen and oxygen atoms in total. The first-order chi connectivity index (χ1) is 13.1. The Morgan fingerprint density at radius 3 is 2.67 bits per heavy atom. The zero-order valence-corrected chi connectivity index (χ0v) is 16.3. The zero-order valence-electron chi connectivity index (χ0n) is 16.3. The van der Waals surface area contributed by atoms with Crippen molar-refractivity contribution in [3.8, 4) is 11.1 Å². The molecule has 2 aromatic rings. The van der Waals surface area contributed by atoms with Gasteiger partial charge in [0.05, 0.1) is 11.3 Å². The number of hydrogen-bond donors (Lipinski definition) is 2. The Kier molecular flexibility index (Phi) is 4.92. The summed E-state index contributed by atoms with van der Waals surface area (Å²) < 4.78 is 0. The molecule has 142 valence electrons. The van der Waals surface area contributed by atoms with Gasteiger partial charge in [0.1, 0.15) is 0 Å². The van der Waals surface area contributed by atoms with E-state index in [1.165, 1.54) is 22.3 Å². The number of amides is 1. The number of aryl methyl sites for hydroxylation is 1. The van der Waals surface area contributed by atoms with Crippen LogP contribution in [0, 0.1) is 0 Å². The highest BCUT2D eigenvalue weighted by molar-refractivity contribution is 6.04. The fourth-order valence-electron chi connectivity index (χ4n) is 4.73. The van der Waals surface area contributed by atoms with Crippen LogP contribution in [0.4, 0.5) is 5.69 Å². The minimum atomic E-state index is -0.291. The monoisotopic (exact) mass is 363 g/mol. The first-order valence-electron chi connectivity index (χ1n) is 10.2. The van der Waals surface area contributed by atoms with E-state index in [2.05, 4.69) is 54.4 Å². The third-order valence-corrected chi connectivity index (χ3v) is 6.05. The number of nitrogens with zero attached hydrogens (tertiary/aromatic N) is 1. The summed E-state index contributed by atoms with van der Waals surface area (Å²) in [4.78, 5) is 15.0. The summed E-state index contributed by atoms with van der Waals surface area (Å²) in [5.41, 5.74) is 14.2. The van der Waals surface area contributed by atoms with Crippen molar-refractivity contribution in [3.05, 3.63) is 52.6 Å². The van der Waals surface area contributed by atoms with Crippen molar-refractivity contribution in [2.75, 3.05) is 31.1 Å². The second-order valence-corrected chi connectivity index (χ2v) is 7.73. The number of rotatable bonds is 5. The lowest BCUT2D eigenvalue weighted by atomic mass is 9.89. The van der Waals surface area contributed by atoms with E-state index in [9.17, 15) is 4.79 Å². The molecule has 27 heavy (non-hydrogen) atoms. The molecule has 1 atom stereocenters. The smallest absolute Gasteiger partial charge is 0.251 e. The number of nitrogens with two attached hydrogens (primary N) is 1. The Labute approximate surface area is 161 Å². The number of hydrogen-bond acceptors (Lipinski definition) is 3. The van der Waals surface area contributed by atoms with Gasteiger partial charge in [0.15, 0.2) is 0 Å². The van der Waals surface area contributed by atoms with Crippen molar-refractivity contribution in [2.24, 2.45) is 5.73 Å². The van der Waals surface area contributed by atoms with Gasteiger partial charge in [0.2, 0.25) is 0 Å². The van der Waals surface area contributed by atoms with Gasteiger partial charge in [-0.1, -0.05) is 44.5 Å². The van der Waals surface area contributed by atoms with Crippen LogP contribution in [0.1, 0.15) is 59.7 Å². The highest BCUT2D eigenvalue weighted by Crippen LogP contribution is 2.50. The largest absolute Gasteiger partial charge is 0.368 e. The third-order valence-electron chi connectivity index (χ3n) is 6.05. The Morgan fingerprint density at radius 1 is 1.22 bits per heavy atom. The fourth-order valence-corrected chi connectivity index (χ4v) is 4.73. The van der Waals surface area contributed by atoms with E-state index < -0.39 is 0 Å². The van der Waals surface area contributed by atoms with Gasteiger partial charge in [-0.15, -0.1) is 0 Å². The van der Waals surface area contributed by atoms with E-state index in [0.29, 0.717) is 0 Å². The highest BCUT2D eigenvalue weighted by Gasteiger charge is 2.34. The van der Waals surface area contributed by atoms with Gasteiger partial charge < -0.3 is 16.0 Å². The van der Waals surface area contributed by atoms with Crippen LogP contribution >= 0.6 is 0 Å². The standard InChI is InChI=1S/C23H29N3O/c1-3-4-7-16-14-19-18-9-6-5-8-17(18)15(2)20(19)22(21(16)23(24)27)26-12-10-25-11-13-26/h5-6,8-9,14-15,25H,3-4,7,10-13H2,1-2H3,(H2,24,27). The normalized spacial score (nSPS) is 18.3. The minimum Gasteiger partial charge on any atom is -0.368 e. The predicted octanol–water partition coefficient (Wildman–Crippen LogP) is 3.67. The minimum absolute atomic E-state index is 0.277. The number of fused-ring (bicyclic) bond motifs is 3. The maximum absolute atomic E-state index is 12.6. The lowest BCUT2D eigenvalue weighted by Crippen LogP contribution is -2.45. The third kappa shape index (κ3) is 3.02. The lowest BCUT2D eigenvalue weighted by molar-refractivity contribution is 0.0999. The molecule has 1 unspecified atom stereocenters. The van der Waals surface area contributed by atoms with Crippen molar-refractivity contribution < 1.29 is 4.79 Å². The Bertz CT molecular complexity index is 868. The molecule has 1 amide bonds. The summed E-state index contributed by atoms with van der Waals surface area (Å²) >= 11 is 0. The molecule has 0 bridgehead atoms. The SMILES string of the molecule is CCCCc1cc2c(c(N3CCNCC3)c1C(N)=O)C(C)c1ccccc1-2. The van der Waals surface area contributed by atoms with E-state index in [4.69, 9.17) is 5.73 Å². The molecule has 0 spiro atoms. The molecular formula is C23H29N3O. The highest BCUT2D eigenvalue weighted by atomic mass is 16.1. The van der Waals surface area contributed by atoms with Crippen LogP contribution in [0.5, 0.6) is 0 Å². The maximum atomic E-state index is 12.6. The van der Waals surface area contributed by atoms with Crippen molar-refractivity contribution in [1.29, 1.82) is 0 Å². The average molecular weight is 364 g/mol. The molecule has 1 heterocycles. The van der Waals surface area contributed by atoms with Gasteiger partial charge in [0, 0.05) is 32.1 Å². The molecule has 1 fully saturated rings. The second kappa shape index (κ2) is 7.35. The van der Waals surface area contributed by atoms with Gasteiger partial charge in [0.25, 0.3) is 5.91 Å². The Balaban J connectivity index is 1.98. The maximum Gasteiger partial charge on any atom is 0.251 e. The molecule has 2 aliphatic rings. The van der Waals surface area contributed by atoms with Crippen LogP contribution in [-0.4, -0.2) is 32.1 Å². The number of primary amides is 1. The molecule has 0 saturated carbocycles. The molecule has 4 rings (SSSR count). The molecule has 0 radical (unpaired) electrons. The molecule has 1 aliphatic heterocycles. The summed E-state index contributed by atoms with van der Waals surface area (Å²) in [6.07, 6.45) is 3.07. The first-order valence-corrected chi connectivity index (χ1v) is 10.2. The number of piperazine rings is 1. The summed E-state index contributed by atoms with van der Waals surface area (Å²) in [6.45, 7) is 8.14. The predicted molar refractivity (Wildman–Crippen MR) is 112 cm³/mol. The summed E-state index contributed by atoms with van der Waals surface area (Å²) in [6, 6.07) is 10.9. The average Bonchev–Trinajstić information content (AvgIpc) is 2.98.